The molecule has 0 radical (unpaired) electrons. The van der Waals surface area contributed by atoms with Gasteiger partial charge in [-0.1, -0.05) is 12.1 Å². The Bertz CT molecular complexity index is 345. The first-order valence-corrected chi connectivity index (χ1v) is 5.84. The minimum absolute atomic E-state index is 0.112. The van der Waals surface area contributed by atoms with Crippen molar-refractivity contribution in [3.05, 3.63) is 11.7 Å². The summed E-state index contributed by atoms with van der Waals surface area (Å²) < 4.78 is 10.5. The molecule has 0 bridgehead atoms. The molecule has 0 saturated carbocycles. The minimum Gasteiger partial charge on any atom is -0.374 e. The number of nitrogens with one attached hydrogen (secondary N) is 1. The lowest BCUT2D eigenvalue weighted by Crippen LogP contribution is -2.36. The number of hydrogen-bond acceptors (Lipinski definition) is 5. The van der Waals surface area contributed by atoms with E-state index in [2.05, 4.69) is 22.4 Å². The van der Waals surface area contributed by atoms with Crippen LogP contribution in [0.25, 0.3) is 0 Å². The second-order valence-electron chi connectivity index (χ2n) is 4.30. The summed E-state index contributed by atoms with van der Waals surface area (Å²) in [5.41, 5.74) is -0.112. The lowest BCUT2D eigenvalue weighted by atomic mass is 9.94. The van der Waals surface area contributed by atoms with Gasteiger partial charge in [-0.25, -0.2) is 0 Å². The summed E-state index contributed by atoms with van der Waals surface area (Å²) >= 11 is 0. The minimum atomic E-state index is -0.118. The van der Waals surface area contributed by atoms with Gasteiger partial charge in [0.25, 0.3) is 0 Å². The Balaban J connectivity index is 2.23. The summed E-state index contributed by atoms with van der Waals surface area (Å²) in [7, 11) is 1.64. The van der Waals surface area contributed by atoms with Crippen LogP contribution in [0.15, 0.2) is 4.52 Å². The average molecular weight is 225 g/mol. The van der Waals surface area contributed by atoms with Gasteiger partial charge in [0, 0.05) is 7.11 Å². The van der Waals surface area contributed by atoms with Gasteiger partial charge in [-0.2, -0.15) is 4.98 Å². The maximum Gasteiger partial charge on any atom is 0.247 e. The van der Waals surface area contributed by atoms with Crippen molar-refractivity contribution in [2.75, 3.05) is 13.7 Å². The van der Waals surface area contributed by atoms with E-state index in [1.54, 1.807) is 7.11 Å². The highest BCUT2D eigenvalue weighted by molar-refractivity contribution is 5.06. The highest BCUT2D eigenvalue weighted by atomic mass is 16.5. The zero-order valence-corrected chi connectivity index (χ0v) is 10.1. The van der Waals surface area contributed by atoms with E-state index in [1.807, 2.05) is 6.92 Å². The van der Waals surface area contributed by atoms with Gasteiger partial charge in [0.05, 0.1) is 5.54 Å². The Morgan fingerprint density at radius 2 is 2.44 bits per heavy atom. The van der Waals surface area contributed by atoms with Gasteiger partial charge >= 0.3 is 0 Å². The lowest BCUT2D eigenvalue weighted by molar-refractivity contribution is 0.109. The zero-order chi connectivity index (χ0) is 11.6. The van der Waals surface area contributed by atoms with Gasteiger partial charge in [-0.3, -0.25) is 0 Å². The molecule has 2 heterocycles. The molecule has 1 N–H and O–H groups in total. The van der Waals surface area contributed by atoms with E-state index in [4.69, 9.17) is 9.26 Å². The first kappa shape index (κ1) is 11.5. The van der Waals surface area contributed by atoms with E-state index in [0.29, 0.717) is 11.7 Å². The molecule has 5 nitrogen and oxygen atoms in total. The summed E-state index contributed by atoms with van der Waals surface area (Å²) in [5, 5.41) is 7.44. The molecule has 2 unspecified atom stereocenters. The number of nitrogens with zero attached hydrogens (tertiary/aromatic N) is 2. The van der Waals surface area contributed by atoms with E-state index in [-0.39, 0.29) is 11.6 Å². The first-order chi connectivity index (χ1) is 7.72. The fourth-order valence-corrected chi connectivity index (χ4v) is 2.14. The largest absolute Gasteiger partial charge is 0.374 e. The molecule has 1 aliphatic heterocycles. The topological polar surface area (TPSA) is 60.2 Å². The number of rotatable bonds is 4. The van der Waals surface area contributed by atoms with Gasteiger partial charge in [-0.05, 0) is 32.7 Å². The zero-order valence-electron chi connectivity index (χ0n) is 10.1. The van der Waals surface area contributed by atoms with Crippen LogP contribution in [0.4, 0.5) is 0 Å². The van der Waals surface area contributed by atoms with Gasteiger partial charge < -0.3 is 14.6 Å². The molecule has 16 heavy (non-hydrogen) atoms. The van der Waals surface area contributed by atoms with Gasteiger partial charge in [0.2, 0.25) is 5.89 Å². The molecule has 2 atom stereocenters. The first-order valence-electron chi connectivity index (χ1n) is 5.84. The van der Waals surface area contributed by atoms with E-state index in [1.165, 1.54) is 0 Å². The van der Waals surface area contributed by atoms with Crippen molar-refractivity contribution >= 4 is 0 Å². The molecule has 1 aromatic heterocycles. The van der Waals surface area contributed by atoms with E-state index in [9.17, 15) is 0 Å². The standard InChI is InChI=1S/C11H19N3O2/c1-4-11(6-5-7-12-11)10-13-9(14-16-10)8(2)15-3/h8,12H,4-7H2,1-3H3. The Morgan fingerprint density at radius 3 is 3.00 bits per heavy atom. The van der Waals surface area contributed by atoms with Crippen LogP contribution in [-0.4, -0.2) is 23.8 Å². The molecule has 0 spiro atoms. The molecule has 0 aromatic carbocycles. The Kier molecular flexibility index (Phi) is 3.25. The summed E-state index contributed by atoms with van der Waals surface area (Å²) in [6.45, 7) is 5.07. The summed E-state index contributed by atoms with van der Waals surface area (Å²) in [4.78, 5) is 4.44. The number of hydrogen-bond donors (Lipinski definition) is 1. The number of ether oxygens (including phenoxy) is 1. The molecular weight excluding hydrogens is 206 g/mol. The van der Waals surface area contributed by atoms with Crippen molar-refractivity contribution in [2.45, 2.75) is 44.8 Å². The Hall–Kier alpha value is -0.940. The quantitative estimate of drug-likeness (QED) is 0.846. The monoisotopic (exact) mass is 225 g/mol. The van der Waals surface area contributed by atoms with Gasteiger partial charge in [-0.15, -0.1) is 0 Å². The average Bonchev–Trinajstić information content (AvgIpc) is 2.96. The van der Waals surface area contributed by atoms with E-state index >= 15 is 0 Å². The Morgan fingerprint density at radius 1 is 1.62 bits per heavy atom. The molecule has 1 aliphatic rings. The normalized spacial score (nSPS) is 27.2. The highest BCUT2D eigenvalue weighted by Gasteiger charge is 2.39. The van der Waals surface area contributed by atoms with Crippen LogP contribution in [-0.2, 0) is 10.3 Å². The number of methoxy groups -OCH3 is 1. The molecule has 90 valence electrons. The van der Waals surface area contributed by atoms with Crippen LogP contribution in [0.3, 0.4) is 0 Å². The molecule has 0 amide bonds. The molecule has 0 aliphatic carbocycles. The van der Waals surface area contributed by atoms with Crippen LogP contribution in [0.1, 0.15) is 50.9 Å². The third-order valence-corrected chi connectivity index (χ3v) is 3.42. The molecule has 1 fully saturated rings. The van der Waals surface area contributed by atoms with E-state index in [0.717, 1.165) is 25.8 Å². The maximum absolute atomic E-state index is 5.36. The molecular formula is C11H19N3O2. The summed E-state index contributed by atoms with van der Waals surface area (Å²) in [5.74, 6) is 1.32. The van der Waals surface area contributed by atoms with Crippen molar-refractivity contribution in [1.29, 1.82) is 0 Å². The summed E-state index contributed by atoms with van der Waals surface area (Å²) in [6, 6.07) is 0. The van der Waals surface area contributed by atoms with Crippen molar-refractivity contribution < 1.29 is 9.26 Å². The van der Waals surface area contributed by atoms with Crippen LogP contribution in [0.2, 0.25) is 0 Å². The highest BCUT2D eigenvalue weighted by Crippen LogP contribution is 2.33. The second-order valence-corrected chi connectivity index (χ2v) is 4.30. The SMILES string of the molecule is CCC1(c2nc(C(C)OC)no2)CCCN1. The Labute approximate surface area is 95.6 Å². The van der Waals surface area contributed by atoms with Crippen molar-refractivity contribution in [1.82, 2.24) is 15.5 Å². The van der Waals surface area contributed by atoms with Crippen LogP contribution < -0.4 is 5.32 Å². The second kappa shape index (κ2) is 4.51. The fourth-order valence-electron chi connectivity index (χ4n) is 2.14. The third kappa shape index (κ3) is 1.85. The van der Waals surface area contributed by atoms with Crippen LogP contribution >= 0.6 is 0 Å². The molecule has 1 saturated heterocycles. The maximum atomic E-state index is 5.36. The number of aromatic nitrogens is 2. The van der Waals surface area contributed by atoms with Crippen molar-refractivity contribution in [2.24, 2.45) is 0 Å². The third-order valence-electron chi connectivity index (χ3n) is 3.42. The predicted octanol–water partition coefficient (Wildman–Crippen LogP) is 1.77. The smallest absolute Gasteiger partial charge is 0.247 e. The van der Waals surface area contributed by atoms with E-state index < -0.39 is 0 Å². The van der Waals surface area contributed by atoms with Crippen LogP contribution in [0.5, 0.6) is 0 Å². The van der Waals surface area contributed by atoms with Gasteiger partial charge in [0.1, 0.15) is 6.10 Å². The molecule has 5 heteroatoms. The van der Waals surface area contributed by atoms with Crippen molar-refractivity contribution in [3.8, 4) is 0 Å². The predicted molar refractivity (Wildman–Crippen MR) is 58.9 cm³/mol. The van der Waals surface area contributed by atoms with Crippen molar-refractivity contribution in [3.63, 3.8) is 0 Å². The van der Waals surface area contributed by atoms with Gasteiger partial charge in [0.15, 0.2) is 5.82 Å². The lowest BCUT2D eigenvalue weighted by Gasteiger charge is -2.22. The van der Waals surface area contributed by atoms with Crippen LogP contribution in [0, 0.1) is 0 Å². The molecule has 1 aromatic rings. The fraction of sp³-hybridized carbons (Fsp3) is 0.818. The molecule has 2 rings (SSSR count). The summed E-state index contributed by atoms with van der Waals surface area (Å²) in [6.07, 6.45) is 3.07.